The summed E-state index contributed by atoms with van der Waals surface area (Å²) in [7, 11) is -1.84. The fraction of sp³-hybridized carbons (Fsp3) is 0.538. The van der Waals surface area contributed by atoms with Crippen LogP contribution in [0.1, 0.15) is 18.4 Å². The van der Waals surface area contributed by atoms with Crippen molar-refractivity contribution < 1.29 is 13.2 Å². The van der Waals surface area contributed by atoms with Crippen LogP contribution in [0.3, 0.4) is 0 Å². The van der Waals surface area contributed by atoms with Crippen LogP contribution in [0.2, 0.25) is 5.02 Å². The van der Waals surface area contributed by atoms with Crippen molar-refractivity contribution in [2.24, 2.45) is 0 Å². The van der Waals surface area contributed by atoms with Gasteiger partial charge in [0.2, 0.25) is 10.0 Å². The fourth-order valence-electron chi connectivity index (χ4n) is 2.26. The van der Waals surface area contributed by atoms with Crippen LogP contribution in [0.25, 0.3) is 0 Å². The number of piperidine rings is 1. The molecule has 6 heteroatoms. The van der Waals surface area contributed by atoms with Gasteiger partial charge in [0.25, 0.3) is 0 Å². The van der Waals surface area contributed by atoms with Crippen LogP contribution in [0, 0.1) is 6.92 Å². The van der Waals surface area contributed by atoms with E-state index in [2.05, 4.69) is 0 Å². The molecule has 1 fully saturated rings. The maximum Gasteiger partial charge on any atom is 0.244 e. The standard InChI is InChI=1S/C13H18ClNO3S/c1-10-3-4-13(12(14)9-10)19(16,17)15-7-5-11(18-2)6-8-15/h3-4,9,11H,5-8H2,1-2H3. The number of ether oxygens (including phenoxy) is 1. The molecule has 1 aliphatic heterocycles. The Morgan fingerprint density at radius 2 is 1.95 bits per heavy atom. The number of aryl methyl sites for hydroxylation is 1. The number of halogens is 1. The van der Waals surface area contributed by atoms with Gasteiger partial charge in [-0.25, -0.2) is 8.42 Å². The van der Waals surface area contributed by atoms with E-state index in [4.69, 9.17) is 16.3 Å². The van der Waals surface area contributed by atoms with E-state index in [0.717, 1.165) is 18.4 Å². The monoisotopic (exact) mass is 303 g/mol. The van der Waals surface area contributed by atoms with Gasteiger partial charge in [0.1, 0.15) is 4.90 Å². The molecule has 1 aromatic carbocycles. The minimum Gasteiger partial charge on any atom is -0.381 e. The first kappa shape index (κ1) is 14.8. The van der Waals surface area contributed by atoms with Crippen LogP contribution in [0.4, 0.5) is 0 Å². The van der Waals surface area contributed by atoms with Crippen molar-refractivity contribution in [3.63, 3.8) is 0 Å². The van der Waals surface area contributed by atoms with Crippen LogP contribution in [0.15, 0.2) is 23.1 Å². The average molecular weight is 304 g/mol. The van der Waals surface area contributed by atoms with E-state index in [1.165, 1.54) is 4.31 Å². The Labute approximate surface area is 119 Å². The average Bonchev–Trinajstić information content (AvgIpc) is 2.38. The lowest BCUT2D eigenvalue weighted by molar-refractivity contribution is 0.0604. The zero-order valence-electron chi connectivity index (χ0n) is 11.1. The lowest BCUT2D eigenvalue weighted by Gasteiger charge is -2.30. The second-order valence-corrected chi connectivity index (χ2v) is 7.09. The van der Waals surface area contributed by atoms with Gasteiger partial charge in [-0.2, -0.15) is 4.31 Å². The Morgan fingerprint density at radius 3 is 2.47 bits per heavy atom. The fourth-order valence-corrected chi connectivity index (χ4v) is 4.30. The molecule has 0 saturated carbocycles. The molecule has 1 aromatic rings. The molecule has 0 N–H and O–H groups in total. The highest BCUT2D eigenvalue weighted by Crippen LogP contribution is 2.27. The third-order valence-corrected chi connectivity index (χ3v) is 5.82. The van der Waals surface area contributed by atoms with Crippen molar-refractivity contribution >= 4 is 21.6 Å². The molecule has 0 unspecified atom stereocenters. The zero-order chi connectivity index (χ0) is 14.0. The van der Waals surface area contributed by atoms with E-state index in [9.17, 15) is 8.42 Å². The molecule has 106 valence electrons. The zero-order valence-corrected chi connectivity index (χ0v) is 12.7. The topological polar surface area (TPSA) is 46.6 Å². The molecule has 0 aliphatic carbocycles. The van der Waals surface area contributed by atoms with E-state index < -0.39 is 10.0 Å². The van der Waals surface area contributed by atoms with Crippen LogP contribution >= 0.6 is 11.6 Å². The molecular formula is C13H18ClNO3S. The van der Waals surface area contributed by atoms with Gasteiger partial charge in [0.05, 0.1) is 11.1 Å². The number of nitrogens with zero attached hydrogens (tertiary/aromatic N) is 1. The summed E-state index contributed by atoms with van der Waals surface area (Å²) in [5.41, 5.74) is 0.946. The normalized spacial score (nSPS) is 18.7. The molecule has 0 bridgehead atoms. The molecular weight excluding hydrogens is 286 g/mol. The Morgan fingerprint density at radius 1 is 1.32 bits per heavy atom. The van der Waals surface area contributed by atoms with Crippen LogP contribution in [-0.2, 0) is 14.8 Å². The van der Waals surface area contributed by atoms with Gasteiger partial charge in [0.15, 0.2) is 0 Å². The highest BCUT2D eigenvalue weighted by atomic mass is 35.5. The first-order valence-corrected chi connectivity index (χ1v) is 8.06. The van der Waals surface area contributed by atoms with Crippen LogP contribution in [0.5, 0.6) is 0 Å². The minimum absolute atomic E-state index is 0.153. The number of rotatable bonds is 3. The predicted octanol–water partition coefficient (Wildman–Crippen LogP) is 2.45. The number of hydrogen-bond donors (Lipinski definition) is 0. The van der Waals surface area contributed by atoms with Gasteiger partial charge in [-0.05, 0) is 37.5 Å². The number of benzene rings is 1. The van der Waals surface area contributed by atoms with Gasteiger partial charge in [-0.15, -0.1) is 0 Å². The van der Waals surface area contributed by atoms with E-state index in [0.29, 0.717) is 13.1 Å². The predicted molar refractivity (Wildman–Crippen MR) is 75.0 cm³/mol. The van der Waals surface area contributed by atoms with Crippen molar-refractivity contribution in [3.05, 3.63) is 28.8 Å². The highest BCUT2D eigenvalue weighted by molar-refractivity contribution is 7.89. The van der Waals surface area contributed by atoms with Crippen molar-refractivity contribution in [2.75, 3.05) is 20.2 Å². The second kappa shape index (κ2) is 5.79. The van der Waals surface area contributed by atoms with Crippen molar-refractivity contribution in [1.82, 2.24) is 4.31 Å². The van der Waals surface area contributed by atoms with Crippen LogP contribution < -0.4 is 0 Å². The maximum atomic E-state index is 12.5. The molecule has 1 heterocycles. The molecule has 0 radical (unpaired) electrons. The third kappa shape index (κ3) is 3.11. The largest absolute Gasteiger partial charge is 0.381 e. The molecule has 2 rings (SSSR count). The van der Waals surface area contributed by atoms with E-state index in [-0.39, 0.29) is 16.0 Å². The molecule has 1 saturated heterocycles. The maximum absolute atomic E-state index is 12.5. The van der Waals surface area contributed by atoms with Crippen molar-refractivity contribution in [1.29, 1.82) is 0 Å². The van der Waals surface area contributed by atoms with Gasteiger partial charge in [0, 0.05) is 20.2 Å². The Hall–Kier alpha value is -0.620. The summed E-state index contributed by atoms with van der Waals surface area (Å²) in [4.78, 5) is 0.190. The quantitative estimate of drug-likeness (QED) is 0.861. The molecule has 0 amide bonds. The molecule has 0 spiro atoms. The summed E-state index contributed by atoms with van der Waals surface area (Å²) in [6.45, 7) is 2.84. The summed E-state index contributed by atoms with van der Waals surface area (Å²) in [6.07, 6.45) is 1.60. The molecule has 19 heavy (non-hydrogen) atoms. The van der Waals surface area contributed by atoms with Crippen LogP contribution in [-0.4, -0.2) is 39.0 Å². The number of methoxy groups -OCH3 is 1. The van der Waals surface area contributed by atoms with Crippen molar-refractivity contribution in [2.45, 2.75) is 30.8 Å². The third-order valence-electron chi connectivity index (χ3n) is 3.44. The molecule has 0 aromatic heterocycles. The second-order valence-electron chi connectivity index (χ2n) is 4.77. The molecule has 1 aliphatic rings. The summed E-state index contributed by atoms with van der Waals surface area (Å²) in [6, 6.07) is 5.02. The van der Waals surface area contributed by atoms with Gasteiger partial charge in [-0.3, -0.25) is 0 Å². The lowest BCUT2D eigenvalue weighted by Crippen LogP contribution is -2.40. The first-order valence-electron chi connectivity index (χ1n) is 6.24. The van der Waals surface area contributed by atoms with E-state index in [1.807, 2.05) is 6.92 Å². The Kier molecular flexibility index (Phi) is 4.50. The Balaban J connectivity index is 2.23. The van der Waals surface area contributed by atoms with Gasteiger partial charge < -0.3 is 4.74 Å². The first-order chi connectivity index (χ1) is 8.95. The van der Waals surface area contributed by atoms with Gasteiger partial charge in [-0.1, -0.05) is 17.7 Å². The van der Waals surface area contributed by atoms with Gasteiger partial charge >= 0.3 is 0 Å². The lowest BCUT2D eigenvalue weighted by atomic mass is 10.1. The summed E-state index contributed by atoms with van der Waals surface area (Å²) in [5, 5.41) is 0.286. The molecule has 4 nitrogen and oxygen atoms in total. The van der Waals surface area contributed by atoms with Crippen molar-refractivity contribution in [3.8, 4) is 0 Å². The highest BCUT2D eigenvalue weighted by Gasteiger charge is 2.30. The number of hydrogen-bond acceptors (Lipinski definition) is 3. The minimum atomic E-state index is -3.50. The summed E-state index contributed by atoms with van der Waals surface area (Å²) in [5.74, 6) is 0. The SMILES string of the molecule is COC1CCN(S(=O)(=O)c2ccc(C)cc2Cl)CC1. The molecule has 0 atom stereocenters. The van der Waals surface area contributed by atoms with E-state index in [1.54, 1.807) is 25.3 Å². The van der Waals surface area contributed by atoms with E-state index >= 15 is 0 Å². The smallest absolute Gasteiger partial charge is 0.244 e. The number of sulfonamides is 1. The summed E-state index contributed by atoms with van der Waals surface area (Å²) < 4.78 is 31.8. The summed E-state index contributed by atoms with van der Waals surface area (Å²) >= 11 is 6.06. The Bertz CT molecular complexity index is 551.